The SMILES string of the molecule is [CH2][CH]=[GeH][CH](C)c1ccccc1. The molecule has 0 nitrogen and oxygen atoms in total. The van der Waals surface area contributed by atoms with Gasteiger partial charge in [-0.25, -0.2) is 0 Å². The molecule has 0 aliphatic heterocycles. The number of rotatable bonds is 2. The van der Waals surface area contributed by atoms with Crippen LogP contribution in [-0.4, -0.2) is 19.8 Å². The quantitative estimate of drug-likeness (QED) is 0.647. The zero-order chi connectivity index (χ0) is 8.10. The maximum absolute atomic E-state index is 3.80. The van der Waals surface area contributed by atoms with E-state index in [4.69, 9.17) is 0 Å². The van der Waals surface area contributed by atoms with Gasteiger partial charge in [-0.2, -0.15) is 0 Å². The monoisotopic (exact) mass is 207 g/mol. The minimum atomic E-state index is -0.232. The Morgan fingerprint density at radius 3 is 2.55 bits per heavy atom. The van der Waals surface area contributed by atoms with Crippen molar-refractivity contribution in [3.8, 4) is 0 Å². The van der Waals surface area contributed by atoms with Gasteiger partial charge in [0.05, 0.1) is 0 Å². The number of benzene rings is 1. The summed E-state index contributed by atoms with van der Waals surface area (Å²) in [5, 5.41) is 0. The molecule has 0 aliphatic rings. The van der Waals surface area contributed by atoms with Crippen LogP contribution in [-0.2, 0) is 0 Å². The molecule has 1 rings (SSSR count). The minimum absolute atomic E-state index is 0.232. The van der Waals surface area contributed by atoms with Crippen molar-refractivity contribution in [3.63, 3.8) is 0 Å². The van der Waals surface area contributed by atoms with Crippen LogP contribution >= 0.6 is 0 Å². The average molecular weight is 206 g/mol. The van der Waals surface area contributed by atoms with Crippen molar-refractivity contribution in [2.45, 2.75) is 11.7 Å². The van der Waals surface area contributed by atoms with E-state index in [9.17, 15) is 0 Å². The van der Waals surface area contributed by atoms with Gasteiger partial charge in [-0.1, -0.05) is 0 Å². The molecule has 0 amide bonds. The zero-order valence-corrected chi connectivity index (χ0v) is 9.25. The van der Waals surface area contributed by atoms with Crippen molar-refractivity contribution in [3.05, 3.63) is 42.8 Å². The van der Waals surface area contributed by atoms with Gasteiger partial charge in [0, 0.05) is 0 Å². The van der Waals surface area contributed by atoms with E-state index in [1.54, 1.807) is 0 Å². The van der Waals surface area contributed by atoms with Gasteiger partial charge in [-0.3, -0.25) is 0 Å². The van der Waals surface area contributed by atoms with Gasteiger partial charge in [0.15, 0.2) is 0 Å². The third-order valence-electron chi connectivity index (χ3n) is 1.75. The summed E-state index contributed by atoms with van der Waals surface area (Å²) in [6, 6.07) is 10.7. The van der Waals surface area contributed by atoms with Crippen molar-refractivity contribution >= 4 is 19.8 Å². The van der Waals surface area contributed by atoms with Crippen molar-refractivity contribution < 1.29 is 0 Å². The third-order valence-corrected chi connectivity index (χ3v) is 4.34. The molecule has 1 heteroatoms. The van der Waals surface area contributed by atoms with Crippen molar-refractivity contribution in [2.24, 2.45) is 0 Å². The summed E-state index contributed by atoms with van der Waals surface area (Å²) in [5.74, 6) is 0. The fourth-order valence-corrected chi connectivity index (χ4v) is 2.86. The number of hydrogen-bond acceptors (Lipinski definition) is 0. The molecule has 11 heavy (non-hydrogen) atoms. The molecule has 1 aromatic carbocycles. The summed E-state index contributed by atoms with van der Waals surface area (Å²) in [6.07, 6.45) is 0. The standard InChI is InChI=1S/C10H13Ge/c1-3-11-9(2)10-7-5-4-6-8-10/h3-9,11H,1H2,2H3. The fraction of sp³-hybridized carbons (Fsp3) is 0.200. The third kappa shape index (κ3) is 2.62. The molecule has 0 saturated heterocycles. The van der Waals surface area contributed by atoms with Crippen molar-refractivity contribution in [1.82, 2.24) is 0 Å². The average Bonchev–Trinajstić information content (AvgIpc) is 2.07. The van der Waals surface area contributed by atoms with E-state index < -0.39 is 0 Å². The van der Waals surface area contributed by atoms with Crippen LogP contribution in [0.2, 0.25) is 0 Å². The van der Waals surface area contributed by atoms with Crippen molar-refractivity contribution in [2.75, 3.05) is 0 Å². The van der Waals surface area contributed by atoms with Gasteiger partial charge >= 0.3 is 74.3 Å². The summed E-state index contributed by atoms with van der Waals surface area (Å²) >= 11 is -0.232. The molecule has 0 fully saturated rings. The molecule has 0 aliphatic carbocycles. The van der Waals surface area contributed by atoms with E-state index in [1.165, 1.54) is 5.56 Å². The Balaban J connectivity index is 2.76. The Kier molecular flexibility index (Phi) is 3.57. The first-order valence-corrected chi connectivity index (χ1v) is 6.65. The molecule has 0 bridgehead atoms. The van der Waals surface area contributed by atoms with E-state index in [2.05, 4.69) is 49.0 Å². The van der Waals surface area contributed by atoms with Gasteiger partial charge in [0.1, 0.15) is 0 Å². The second kappa shape index (κ2) is 4.50. The molecule has 1 unspecified atom stereocenters. The van der Waals surface area contributed by atoms with Crippen LogP contribution in [0, 0.1) is 6.92 Å². The molecule has 1 radical (unpaired) electrons. The Labute approximate surface area is 74.6 Å². The van der Waals surface area contributed by atoms with Crippen LogP contribution in [0.25, 0.3) is 0 Å². The van der Waals surface area contributed by atoms with E-state index in [1.807, 2.05) is 0 Å². The Morgan fingerprint density at radius 2 is 2.00 bits per heavy atom. The van der Waals surface area contributed by atoms with Crippen LogP contribution in [0.5, 0.6) is 0 Å². The van der Waals surface area contributed by atoms with Gasteiger partial charge in [0.2, 0.25) is 0 Å². The molecule has 0 N–H and O–H groups in total. The first-order valence-electron chi connectivity index (χ1n) is 3.85. The normalized spacial score (nSPS) is 13.6. The first kappa shape index (κ1) is 8.73. The Hall–Kier alpha value is -0.367. The summed E-state index contributed by atoms with van der Waals surface area (Å²) in [4.78, 5) is 2.13. The van der Waals surface area contributed by atoms with Gasteiger partial charge < -0.3 is 0 Å². The van der Waals surface area contributed by atoms with Gasteiger partial charge in [-0.15, -0.1) is 0 Å². The van der Waals surface area contributed by atoms with E-state index in [0.29, 0.717) is 0 Å². The molecule has 0 spiro atoms. The predicted octanol–water partition coefficient (Wildman–Crippen LogP) is 1.82. The second-order valence-electron chi connectivity index (χ2n) is 2.63. The first-order chi connectivity index (χ1) is 5.34. The van der Waals surface area contributed by atoms with Gasteiger partial charge in [-0.05, 0) is 0 Å². The fourth-order valence-electron chi connectivity index (χ4n) is 1.07. The van der Waals surface area contributed by atoms with Crippen LogP contribution in [0.4, 0.5) is 0 Å². The van der Waals surface area contributed by atoms with Crippen LogP contribution in [0.3, 0.4) is 0 Å². The molecule has 1 aromatic rings. The van der Waals surface area contributed by atoms with Crippen LogP contribution < -0.4 is 0 Å². The second-order valence-corrected chi connectivity index (χ2v) is 6.52. The molecule has 0 saturated carbocycles. The van der Waals surface area contributed by atoms with E-state index in [0.717, 1.165) is 4.75 Å². The topological polar surface area (TPSA) is 0 Å². The molecule has 0 aromatic heterocycles. The summed E-state index contributed by atoms with van der Waals surface area (Å²) < 4.78 is 0.762. The van der Waals surface area contributed by atoms with E-state index in [-0.39, 0.29) is 15.0 Å². The molecular weight excluding hydrogens is 193 g/mol. The number of hydrogen-bond donors (Lipinski definition) is 0. The molecule has 57 valence electrons. The molecule has 0 heterocycles. The molecular formula is C10H13Ge. The zero-order valence-electron chi connectivity index (χ0n) is 6.83. The van der Waals surface area contributed by atoms with Crippen LogP contribution in [0.15, 0.2) is 30.3 Å². The van der Waals surface area contributed by atoms with Crippen LogP contribution in [0.1, 0.15) is 17.2 Å². The van der Waals surface area contributed by atoms with Gasteiger partial charge in [0.25, 0.3) is 0 Å². The summed E-state index contributed by atoms with van der Waals surface area (Å²) in [5.41, 5.74) is 1.47. The van der Waals surface area contributed by atoms with Crippen molar-refractivity contribution in [1.29, 1.82) is 0 Å². The maximum atomic E-state index is 3.80. The molecule has 1 atom stereocenters. The Morgan fingerprint density at radius 1 is 1.36 bits per heavy atom. The summed E-state index contributed by atoms with van der Waals surface area (Å²) in [6.45, 7) is 6.08. The summed E-state index contributed by atoms with van der Waals surface area (Å²) in [7, 11) is 0. The Bertz CT molecular complexity index is 226. The predicted molar refractivity (Wildman–Crippen MR) is 53.4 cm³/mol. The van der Waals surface area contributed by atoms with E-state index >= 15 is 0 Å².